The summed E-state index contributed by atoms with van der Waals surface area (Å²) in [5.41, 5.74) is 2.70. The number of aromatic nitrogens is 1. The predicted octanol–water partition coefficient (Wildman–Crippen LogP) is 5.71. The van der Waals surface area contributed by atoms with Crippen molar-refractivity contribution in [2.24, 2.45) is 0 Å². The number of anilines is 2. The number of rotatable bonds is 8. The van der Waals surface area contributed by atoms with E-state index >= 15 is 0 Å². The quantitative estimate of drug-likeness (QED) is 0.384. The van der Waals surface area contributed by atoms with E-state index in [1.165, 1.54) is 0 Å². The lowest BCUT2D eigenvalue weighted by molar-refractivity contribution is -0.125. The lowest BCUT2D eigenvalue weighted by atomic mass is 10.1. The molecule has 1 N–H and O–H groups in total. The molecule has 0 spiro atoms. The van der Waals surface area contributed by atoms with E-state index in [1.807, 2.05) is 13.8 Å². The molecule has 0 bridgehead atoms. The number of amides is 2. The molecule has 184 valence electrons. The number of ether oxygens (including phenoxy) is 2. The first kappa shape index (κ1) is 24.9. The lowest BCUT2D eigenvalue weighted by Gasteiger charge is -2.33. The third-order valence-electron chi connectivity index (χ3n) is 5.65. The van der Waals surface area contributed by atoms with Gasteiger partial charge in [0.05, 0.1) is 29.6 Å². The molecule has 1 aromatic heterocycles. The van der Waals surface area contributed by atoms with E-state index in [1.54, 1.807) is 48.2 Å². The van der Waals surface area contributed by atoms with Crippen LogP contribution in [0.15, 0.2) is 40.9 Å². The molecule has 1 atom stereocenters. The Morgan fingerprint density at radius 3 is 2.71 bits per heavy atom. The van der Waals surface area contributed by atoms with Crippen molar-refractivity contribution in [1.82, 2.24) is 5.16 Å². The first-order valence-corrected chi connectivity index (χ1v) is 11.9. The SMILES string of the molecule is Cc1noc(C)c1CN1C(=O)C(C)Oc2ccc(NC(=O)CCCOc3ccc(Cl)cc3Cl)cc21. The van der Waals surface area contributed by atoms with Crippen LogP contribution in [0.4, 0.5) is 11.4 Å². The van der Waals surface area contributed by atoms with Gasteiger partial charge in [-0.1, -0.05) is 28.4 Å². The van der Waals surface area contributed by atoms with Crippen LogP contribution in [0.3, 0.4) is 0 Å². The van der Waals surface area contributed by atoms with Crippen LogP contribution in [0.25, 0.3) is 0 Å². The Labute approximate surface area is 213 Å². The van der Waals surface area contributed by atoms with Crippen LogP contribution in [0.2, 0.25) is 10.0 Å². The summed E-state index contributed by atoms with van der Waals surface area (Å²) in [7, 11) is 0. The molecule has 10 heteroatoms. The molecule has 0 saturated heterocycles. The molecule has 0 saturated carbocycles. The number of benzene rings is 2. The number of nitrogens with zero attached hydrogens (tertiary/aromatic N) is 2. The second-order valence-electron chi connectivity index (χ2n) is 8.24. The van der Waals surface area contributed by atoms with Crippen molar-refractivity contribution in [1.29, 1.82) is 0 Å². The van der Waals surface area contributed by atoms with Gasteiger partial charge in [-0.3, -0.25) is 9.59 Å². The number of hydrogen-bond acceptors (Lipinski definition) is 6. The third-order valence-corrected chi connectivity index (χ3v) is 6.18. The van der Waals surface area contributed by atoms with Gasteiger partial charge in [0.25, 0.3) is 5.91 Å². The number of fused-ring (bicyclic) bond motifs is 1. The maximum Gasteiger partial charge on any atom is 0.268 e. The van der Waals surface area contributed by atoms with Crippen molar-refractivity contribution in [2.75, 3.05) is 16.8 Å². The molecule has 4 rings (SSSR count). The second kappa shape index (κ2) is 10.6. The highest BCUT2D eigenvalue weighted by atomic mass is 35.5. The van der Waals surface area contributed by atoms with Gasteiger partial charge in [0.1, 0.15) is 17.3 Å². The van der Waals surface area contributed by atoms with Crippen LogP contribution in [0.1, 0.15) is 36.8 Å². The first-order valence-electron chi connectivity index (χ1n) is 11.1. The molecular formula is C25H25Cl2N3O5. The van der Waals surface area contributed by atoms with Gasteiger partial charge in [0.15, 0.2) is 6.10 Å². The van der Waals surface area contributed by atoms with Gasteiger partial charge in [-0.15, -0.1) is 0 Å². The van der Waals surface area contributed by atoms with E-state index in [-0.39, 0.29) is 18.2 Å². The number of hydrogen-bond donors (Lipinski definition) is 1. The van der Waals surface area contributed by atoms with Gasteiger partial charge in [-0.25, -0.2) is 0 Å². The van der Waals surface area contributed by atoms with Crippen LogP contribution in [-0.4, -0.2) is 29.7 Å². The largest absolute Gasteiger partial charge is 0.492 e. The second-order valence-corrected chi connectivity index (χ2v) is 9.09. The molecule has 3 aromatic rings. The summed E-state index contributed by atoms with van der Waals surface area (Å²) in [6, 6.07) is 10.2. The molecule has 2 aromatic carbocycles. The topological polar surface area (TPSA) is 93.9 Å². The van der Waals surface area contributed by atoms with Gasteiger partial charge >= 0.3 is 0 Å². The highest BCUT2D eigenvalue weighted by molar-refractivity contribution is 6.35. The number of halogens is 2. The van der Waals surface area contributed by atoms with Crippen molar-refractivity contribution in [3.05, 3.63) is 63.5 Å². The summed E-state index contributed by atoms with van der Waals surface area (Å²) in [4.78, 5) is 27.1. The standard InChI is InChI=1S/C25H25Cl2N3O5/c1-14-19(15(2)35-29-14)13-30-21-12-18(7-9-23(21)34-16(3)25(30)32)28-24(31)5-4-10-33-22-8-6-17(26)11-20(22)27/h6-9,11-12,16H,4-5,10,13H2,1-3H3,(H,28,31). The highest BCUT2D eigenvalue weighted by Gasteiger charge is 2.33. The summed E-state index contributed by atoms with van der Waals surface area (Å²) in [6.45, 7) is 5.97. The molecule has 1 aliphatic heterocycles. The molecule has 0 fully saturated rings. The monoisotopic (exact) mass is 517 g/mol. The van der Waals surface area contributed by atoms with Gasteiger partial charge in [-0.05, 0) is 63.6 Å². The minimum absolute atomic E-state index is 0.176. The van der Waals surface area contributed by atoms with E-state index in [0.717, 1.165) is 11.3 Å². The van der Waals surface area contributed by atoms with Gasteiger partial charge in [0.2, 0.25) is 5.91 Å². The highest BCUT2D eigenvalue weighted by Crippen LogP contribution is 2.38. The normalized spacial score (nSPS) is 14.9. The lowest BCUT2D eigenvalue weighted by Crippen LogP contribution is -2.44. The van der Waals surface area contributed by atoms with Crippen LogP contribution >= 0.6 is 23.2 Å². The van der Waals surface area contributed by atoms with Gasteiger partial charge in [-0.2, -0.15) is 0 Å². The predicted molar refractivity (Wildman–Crippen MR) is 134 cm³/mol. The average molecular weight is 518 g/mol. The van der Waals surface area contributed by atoms with Crippen LogP contribution in [0.5, 0.6) is 11.5 Å². The van der Waals surface area contributed by atoms with Gasteiger partial charge < -0.3 is 24.2 Å². The molecule has 35 heavy (non-hydrogen) atoms. The summed E-state index contributed by atoms with van der Waals surface area (Å²) in [6.07, 6.45) is 0.113. The molecular weight excluding hydrogens is 493 g/mol. The van der Waals surface area contributed by atoms with E-state index in [9.17, 15) is 9.59 Å². The molecule has 0 radical (unpaired) electrons. The summed E-state index contributed by atoms with van der Waals surface area (Å²) < 4.78 is 16.7. The molecule has 1 aliphatic rings. The summed E-state index contributed by atoms with van der Waals surface area (Å²) in [5.74, 6) is 1.38. The maximum atomic E-state index is 12.9. The van der Waals surface area contributed by atoms with Crippen LogP contribution in [0, 0.1) is 13.8 Å². The fraction of sp³-hybridized carbons (Fsp3) is 0.320. The number of aryl methyl sites for hydroxylation is 2. The molecule has 0 aliphatic carbocycles. The molecule has 1 unspecified atom stereocenters. The fourth-order valence-corrected chi connectivity index (χ4v) is 4.23. The van der Waals surface area contributed by atoms with E-state index in [4.69, 9.17) is 37.2 Å². The Morgan fingerprint density at radius 1 is 1.20 bits per heavy atom. The molecule has 2 amide bonds. The first-order chi connectivity index (χ1) is 16.7. The maximum absolute atomic E-state index is 12.9. The van der Waals surface area contributed by atoms with Gasteiger partial charge in [0, 0.05) is 22.7 Å². The number of carbonyl (C=O) groups is 2. The van der Waals surface area contributed by atoms with Crippen LogP contribution < -0.4 is 19.7 Å². The average Bonchev–Trinajstić information content (AvgIpc) is 3.13. The zero-order valence-corrected chi connectivity index (χ0v) is 21.1. The Morgan fingerprint density at radius 2 is 2.00 bits per heavy atom. The summed E-state index contributed by atoms with van der Waals surface area (Å²) in [5, 5.41) is 7.80. The minimum atomic E-state index is -0.627. The number of nitrogens with one attached hydrogen (secondary N) is 1. The Kier molecular flexibility index (Phi) is 7.52. The van der Waals surface area contributed by atoms with Crippen molar-refractivity contribution in [2.45, 2.75) is 46.3 Å². The molecule has 8 nitrogen and oxygen atoms in total. The van der Waals surface area contributed by atoms with Crippen molar-refractivity contribution in [3.8, 4) is 11.5 Å². The van der Waals surface area contributed by atoms with Crippen LogP contribution in [-0.2, 0) is 16.1 Å². The summed E-state index contributed by atoms with van der Waals surface area (Å²) >= 11 is 12.0. The van der Waals surface area contributed by atoms with E-state index < -0.39 is 6.10 Å². The van der Waals surface area contributed by atoms with E-state index in [2.05, 4.69) is 10.5 Å². The zero-order valence-electron chi connectivity index (χ0n) is 19.6. The molecule has 2 heterocycles. The third kappa shape index (κ3) is 5.71. The minimum Gasteiger partial charge on any atom is -0.492 e. The number of carbonyl (C=O) groups excluding carboxylic acids is 2. The van der Waals surface area contributed by atoms with Crippen molar-refractivity contribution >= 4 is 46.4 Å². The zero-order chi connectivity index (χ0) is 25.1. The van der Waals surface area contributed by atoms with E-state index in [0.29, 0.717) is 58.3 Å². The Bertz CT molecular complexity index is 1240. The fourth-order valence-electron chi connectivity index (χ4n) is 3.76. The Balaban J connectivity index is 1.40. The van der Waals surface area contributed by atoms with Crippen molar-refractivity contribution in [3.63, 3.8) is 0 Å². The Hall–Kier alpha value is -3.23. The smallest absolute Gasteiger partial charge is 0.268 e. The van der Waals surface area contributed by atoms with Crippen molar-refractivity contribution < 1.29 is 23.6 Å².